The molecule has 1 fully saturated rings. The van der Waals surface area contributed by atoms with Crippen LogP contribution in [0.2, 0.25) is 0 Å². The highest BCUT2D eigenvalue weighted by Crippen LogP contribution is 2.26. The summed E-state index contributed by atoms with van der Waals surface area (Å²) < 4.78 is 49.9. The molecule has 8 heteroatoms. The normalized spacial score (nSPS) is 21.0. The van der Waals surface area contributed by atoms with Gasteiger partial charge in [-0.1, -0.05) is 25.8 Å². The summed E-state index contributed by atoms with van der Waals surface area (Å²) in [6.07, 6.45) is 4.94. The molecular formula is C15H24N2O4S2. The molecule has 1 saturated heterocycles. The molecule has 0 amide bonds. The van der Waals surface area contributed by atoms with E-state index in [1.165, 1.54) is 22.5 Å². The van der Waals surface area contributed by atoms with Crippen LogP contribution in [0, 0.1) is 5.92 Å². The SMILES string of the molecule is CCC[C@@H]1CCCN(S(=O)(=O)c2cccc(S(N)(=O)=O)c2)CC1. The van der Waals surface area contributed by atoms with E-state index in [1.54, 1.807) is 0 Å². The van der Waals surface area contributed by atoms with Crippen molar-refractivity contribution in [1.29, 1.82) is 0 Å². The molecule has 1 aliphatic rings. The van der Waals surface area contributed by atoms with Crippen molar-refractivity contribution in [2.75, 3.05) is 13.1 Å². The summed E-state index contributed by atoms with van der Waals surface area (Å²) in [5.74, 6) is 0.566. The van der Waals surface area contributed by atoms with Gasteiger partial charge >= 0.3 is 0 Å². The number of primary sulfonamides is 1. The minimum Gasteiger partial charge on any atom is -0.225 e. The van der Waals surface area contributed by atoms with Crippen molar-refractivity contribution in [3.8, 4) is 0 Å². The highest BCUT2D eigenvalue weighted by Gasteiger charge is 2.28. The first-order chi connectivity index (χ1) is 10.7. The van der Waals surface area contributed by atoms with Gasteiger partial charge in [-0.3, -0.25) is 0 Å². The Hall–Kier alpha value is -0.960. The van der Waals surface area contributed by atoms with Crippen molar-refractivity contribution in [1.82, 2.24) is 4.31 Å². The molecular weight excluding hydrogens is 336 g/mol. The molecule has 0 bridgehead atoms. The van der Waals surface area contributed by atoms with Gasteiger partial charge in [-0.2, -0.15) is 4.31 Å². The quantitative estimate of drug-likeness (QED) is 0.867. The lowest BCUT2D eigenvalue weighted by atomic mass is 9.96. The number of sulfonamides is 2. The molecule has 0 saturated carbocycles. The molecule has 0 aromatic heterocycles. The second-order valence-corrected chi connectivity index (χ2v) is 9.51. The van der Waals surface area contributed by atoms with Gasteiger partial charge in [0.05, 0.1) is 9.79 Å². The molecule has 0 radical (unpaired) electrons. The van der Waals surface area contributed by atoms with E-state index in [2.05, 4.69) is 6.92 Å². The maximum atomic E-state index is 12.8. The highest BCUT2D eigenvalue weighted by atomic mass is 32.2. The topological polar surface area (TPSA) is 97.5 Å². The van der Waals surface area contributed by atoms with E-state index in [-0.39, 0.29) is 9.79 Å². The molecule has 6 nitrogen and oxygen atoms in total. The third-order valence-electron chi connectivity index (χ3n) is 4.28. The molecule has 130 valence electrons. The number of hydrogen-bond donors (Lipinski definition) is 1. The van der Waals surface area contributed by atoms with Gasteiger partial charge in [-0.15, -0.1) is 0 Å². The lowest BCUT2D eigenvalue weighted by Crippen LogP contribution is -2.32. The average molecular weight is 361 g/mol. The molecule has 23 heavy (non-hydrogen) atoms. The first kappa shape index (κ1) is 18.4. The Bertz CT molecular complexity index is 744. The molecule has 0 aliphatic carbocycles. The van der Waals surface area contributed by atoms with Crippen LogP contribution in [0.5, 0.6) is 0 Å². The molecule has 1 aromatic carbocycles. The standard InChI is InChI=1S/C15H24N2O4S2/c1-2-5-13-6-4-10-17(11-9-13)23(20,21)15-8-3-7-14(12-15)22(16,18)19/h3,7-8,12-13H,2,4-6,9-11H2,1H3,(H2,16,18,19)/t13-/m1/s1. The van der Waals surface area contributed by atoms with Crippen molar-refractivity contribution in [3.63, 3.8) is 0 Å². The zero-order valence-electron chi connectivity index (χ0n) is 13.3. The van der Waals surface area contributed by atoms with E-state index in [0.717, 1.165) is 38.2 Å². The minimum absolute atomic E-state index is 0.0158. The molecule has 2 N–H and O–H groups in total. The Kier molecular flexibility index (Phi) is 5.83. The zero-order chi connectivity index (χ0) is 17.1. The molecule has 2 rings (SSSR count). The lowest BCUT2D eigenvalue weighted by molar-refractivity contribution is 0.400. The van der Waals surface area contributed by atoms with Crippen molar-refractivity contribution in [3.05, 3.63) is 24.3 Å². The van der Waals surface area contributed by atoms with E-state index in [0.29, 0.717) is 19.0 Å². The molecule has 1 aromatic rings. The van der Waals surface area contributed by atoms with Crippen LogP contribution < -0.4 is 5.14 Å². The van der Waals surface area contributed by atoms with Gasteiger partial charge in [0.2, 0.25) is 20.0 Å². The number of nitrogens with zero attached hydrogens (tertiary/aromatic N) is 1. The zero-order valence-corrected chi connectivity index (χ0v) is 14.9. The number of rotatable bonds is 5. The van der Waals surface area contributed by atoms with Crippen LogP contribution >= 0.6 is 0 Å². The summed E-state index contributed by atoms with van der Waals surface area (Å²) in [4.78, 5) is -0.199. The predicted molar refractivity (Wildman–Crippen MR) is 88.8 cm³/mol. The van der Waals surface area contributed by atoms with Gasteiger partial charge in [0.1, 0.15) is 0 Å². The summed E-state index contributed by atoms with van der Waals surface area (Å²) in [7, 11) is -7.62. The van der Waals surface area contributed by atoms with Crippen molar-refractivity contribution >= 4 is 20.0 Å². The van der Waals surface area contributed by atoms with Gasteiger partial charge in [0.25, 0.3) is 0 Å². The Morgan fingerprint density at radius 1 is 1.13 bits per heavy atom. The third kappa shape index (κ3) is 4.53. The maximum Gasteiger partial charge on any atom is 0.243 e. The lowest BCUT2D eigenvalue weighted by Gasteiger charge is -2.20. The minimum atomic E-state index is -3.92. The summed E-state index contributed by atoms with van der Waals surface area (Å²) in [5.41, 5.74) is 0. The van der Waals surface area contributed by atoms with E-state index < -0.39 is 20.0 Å². The monoisotopic (exact) mass is 360 g/mol. The molecule has 1 atom stereocenters. The molecule has 1 aliphatic heterocycles. The van der Waals surface area contributed by atoms with Gasteiger partial charge < -0.3 is 0 Å². The maximum absolute atomic E-state index is 12.8. The largest absolute Gasteiger partial charge is 0.243 e. The number of hydrogen-bond acceptors (Lipinski definition) is 4. The summed E-state index contributed by atoms with van der Waals surface area (Å²) in [5, 5.41) is 5.09. The second kappa shape index (κ2) is 7.29. The number of benzene rings is 1. The fraction of sp³-hybridized carbons (Fsp3) is 0.600. The van der Waals surface area contributed by atoms with Crippen LogP contribution in [-0.2, 0) is 20.0 Å². The predicted octanol–water partition coefficient (Wildman–Crippen LogP) is 1.92. The van der Waals surface area contributed by atoms with Crippen molar-refractivity contribution in [2.45, 2.75) is 48.8 Å². The Morgan fingerprint density at radius 3 is 2.48 bits per heavy atom. The van der Waals surface area contributed by atoms with E-state index >= 15 is 0 Å². The average Bonchev–Trinajstić information content (AvgIpc) is 2.73. The first-order valence-electron chi connectivity index (χ1n) is 7.88. The summed E-state index contributed by atoms with van der Waals surface area (Å²) in [6.45, 7) is 3.09. The van der Waals surface area contributed by atoms with E-state index in [9.17, 15) is 16.8 Å². The van der Waals surface area contributed by atoms with Crippen LogP contribution in [0.3, 0.4) is 0 Å². The summed E-state index contributed by atoms with van der Waals surface area (Å²) >= 11 is 0. The smallest absolute Gasteiger partial charge is 0.225 e. The second-order valence-electron chi connectivity index (χ2n) is 6.01. The van der Waals surface area contributed by atoms with E-state index in [4.69, 9.17) is 5.14 Å². The van der Waals surface area contributed by atoms with Crippen LogP contribution in [0.15, 0.2) is 34.1 Å². The summed E-state index contributed by atoms with van der Waals surface area (Å²) in [6, 6.07) is 5.26. The van der Waals surface area contributed by atoms with E-state index in [1.807, 2.05) is 0 Å². The highest BCUT2D eigenvalue weighted by molar-refractivity contribution is 7.90. The van der Waals surface area contributed by atoms with Crippen LogP contribution in [0.1, 0.15) is 39.0 Å². The van der Waals surface area contributed by atoms with Gasteiger partial charge in [-0.05, 0) is 43.4 Å². The number of nitrogens with two attached hydrogens (primary N) is 1. The molecule has 1 heterocycles. The first-order valence-corrected chi connectivity index (χ1v) is 10.9. The van der Waals surface area contributed by atoms with Crippen LogP contribution in [0.25, 0.3) is 0 Å². The van der Waals surface area contributed by atoms with Gasteiger partial charge in [-0.25, -0.2) is 22.0 Å². The fourth-order valence-corrected chi connectivity index (χ4v) is 5.21. The van der Waals surface area contributed by atoms with Crippen molar-refractivity contribution in [2.24, 2.45) is 11.1 Å². The van der Waals surface area contributed by atoms with Gasteiger partial charge in [0, 0.05) is 13.1 Å². The fourth-order valence-electron chi connectivity index (χ4n) is 3.04. The molecule has 0 spiro atoms. The van der Waals surface area contributed by atoms with Crippen LogP contribution in [-0.4, -0.2) is 34.2 Å². The van der Waals surface area contributed by atoms with Crippen molar-refractivity contribution < 1.29 is 16.8 Å². The Balaban J connectivity index is 2.25. The molecule has 0 unspecified atom stereocenters. The Morgan fingerprint density at radius 2 is 1.83 bits per heavy atom. The van der Waals surface area contributed by atoms with Crippen LogP contribution in [0.4, 0.5) is 0 Å². The third-order valence-corrected chi connectivity index (χ3v) is 7.08. The Labute approximate surface area is 138 Å². The van der Waals surface area contributed by atoms with Gasteiger partial charge in [0.15, 0.2) is 0 Å².